The van der Waals surface area contributed by atoms with Crippen LogP contribution in [0.1, 0.15) is 34.1 Å². The first-order chi connectivity index (χ1) is 15.8. The Balaban J connectivity index is 5.25. The van der Waals surface area contributed by atoms with Gasteiger partial charge in [-0.2, -0.15) is 11.8 Å². The second-order valence-electron chi connectivity index (χ2n) is 8.16. The van der Waals surface area contributed by atoms with Gasteiger partial charge in [0.25, 0.3) is 0 Å². The van der Waals surface area contributed by atoms with Gasteiger partial charge in [-0.1, -0.05) is 13.8 Å². The molecule has 13 nitrogen and oxygen atoms in total. The third-order valence-corrected chi connectivity index (χ3v) is 5.47. The predicted molar refractivity (Wildman–Crippen MR) is 126 cm³/mol. The van der Waals surface area contributed by atoms with Crippen molar-refractivity contribution >= 4 is 41.4 Å². The summed E-state index contributed by atoms with van der Waals surface area (Å²) in [7, 11) is 0. The zero-order valence-electron chi connectivity index (χ0n) is 20.0. The van der Waals surface area contributed by atoms with Crippen molar-refractivity contribution in [3.8, 4) is 0 Å². The minimum atomic E-state index is -1.63. The molecule has 0 unspecified atom stereocenters. The Bertz CT molecular complexity index is 721. The smallest absolute Gasteiger partial charge is 0.328 e. The number of nitrogens with one attached hydrogen (secondary N) is 4. The second-order valence-corrected chi connectivity index (χ2v) is 9.14. The number of carbonyl (C=O) groups excluding carboxylic acids is 4. The van der Waals surface area contributed by atoms with E-state index in [4.69, 9.17) is 15.9 Å². The summed E-state index contributed by atoms with van der Waals surface area (Å²) in [6.45, 7) is 5.01. The van der Waals surface area contributed by atoms with Crippen LogP contribution in [0.15, 0.2) is 0 Å². The molecule has 0 spiro atoms. The van der Waals surface area contributed by atoms with Crippen LogP contribution in [0.25, 0.3) is 0 Å². The Morgan fingerprint density at radius 1 is 0.853 bits per heavy atom. The van der Waals surface area contributed by atoms with Crippen LogP contribution < -0.4 is 27.0 Å². The molecule has 196 valence electrons. The molecule has 0 aliphatic heterocycles. The molecular weight excluding hydrogens is 470 g/mol. The summed E-state index contributed by atoms with van der Waals surface area (Å²) in [5.74, 6) is -4.28. The lowest BCUT2D eigenvalue weighted by molar-refractivity contribution is -0.144. The van der Waals surface area contributed by atoms with Gasteiger partial charge in [-0.25, -0.2) is 4.79 Å². The highest BCUT2D eigenvalue weighted by molar-refractivity contribution is 7.98. The fourth-order valence-electron chi connectivity index (χ4n) is 2.67. The van der Waals surface area contributed by atoms with E-state index in [1.54, 1.807) is 13.8 Å². The normalized spacial score (nSPS) is 16.4. The zero-order valence-corrected chi connectivity index (χ0v) is 20.8. The first-order valence-corrected chi connectivity index (χ1v) is 12.1. The lowest BCUT2D eigenvalue weighted by atomic mass is 10.0. The van der Waals surface area contributed by atoms with Gasteiger partial charge in [0.2, 0.25) is 23.6 Å². The second kappa shape index (κ2) is 15.5. The number of rotatable bonds is 15. The maximum absolute atomic E-state index is 12.8. The van der Waals surface area contributed by atoms with Crippen molar-refractivity contribution < 1.29 is 39.3 Å². The molecule has 0 radical (unpaired) electrons. The number of carboxylic acids is 1. The number of aliphatic carboxylic acids is 1. The van der Waals surface area contributed by atoms with Gasteiger partial charge < -0.3 is 42.3 Å². The Hall–Kier alpha value is -2.42. The van der Waals surface area contributed by atoms with Crippen LogP contribution in [0.4, 0.5) is 0 Å². The van der Waals surface area contributed by atoms with E-state index in [0.29, 0.717) is 12.2 Å². The Morgan fingerprint density at radius 3 is 1.82 bits per heavy atom. The van der Waals surface area contributed by atoms with Gasteiger partial charge in [-0.15, -0.1) is 0 Å². The number of aliphatic hydroxyl groups is 2. The SMILES string of the molecule is CSCC[C@H](N)C(=O)N[C@@H](C)C(=O)N[C@H](C(=O)N[C@H](C(=O)N[C@@H](CO)C(=O)O)[C@@H](C)O)C(C)C. The average Bonchev–Trinajstić information content (AvgIpc) is 2.76. The number of nitrogens with two attached hydrogens (primary N) is 1. The predicted octanol–water partition coefficient (Wildman–Crippen LogP) is -2.86. The summed E-state index contributed by atoms with van der Waals surface area (Å²) in [6, 6.07) is -6.10. The van der Waals surface area contributed by atoms with E-state index < -0.39 is 78.4 Å². The van der Waals surface area contributed by atoms with Crippen LogP contribution in [0.2, 0.25) is 0 Å². The van der Waals surface area contributed by atoms with Gasteiger partial charge >= 0.3 is 5.97 Å². The molecule has 34 heavy (non-hydrogen) atoms. The number of carboxylic acid groups (broad SMARTS) is 1. The standard InChI is InChI=1S/C20H37N5O8S/c1-9(2)14(24-16(28)10(3)22-17(29)12(21)6-7-34-5)18(30)25-15(11(4)27)19(31)23-13(8-26)20(32)33/h9-15,26-27H,6-8,21H2,1-5H3,(H,22,29)(H,23,31)(H,24,28)(H,25,30)(H,32,33)/t10-,11+,12-,13-,14-,15-/m0/s1. The summed E-state index contributed by atoms with van der Waals surface area (Å²) in [6.07, 6.45) is 0.891. The van der Waals surface area contributed by atoms with Crippen LogP contribution in [0.5, 0.6) is 0 Å². The highest BCUT2D eigenvalue weighted by Crippen LogP contribution is 2.05. The molecule has 4 amide bonds. The fraction of sp³-hybridized carbons (Fsp3) is 0.750. The van der Waals surface area contributed by atoms with Crippen molar-refractivity contribution in [1.82, 2.24) is 21.3 Å². The largest absolute Gasteiger partial charge is 0.480 e. The van der Waals surface area contributed by atoms with Gasteiger partial charge in [0.1, 0.15) is 24.2 Å². The summed E-state index contributed by atoms with van der Waals surface area (Å²) < 4.78 is 0. The number of carbonyl (C=O) groups is 5. The molecule has 0 aromatic carbocycles. The van der Waals surface area contributed by atoms with Crippen molar-refractivity contribution in [2.45, 2.75) is 70.4 Å². The third-order valence-electron chi connectivity index (χ3n) is 4.83. The van der Waals surface area contributed by atoms with E-state index in [1.807, 2.05) is 11.6 Å². The number of thioether (sulfide) groups is 1. The van der Waals surface area contributed by atoms with Crippen molar-refractivity contribution in [3.05, 3.63) is 0 Å². The highest BCUT2D eigenvalue weighted by Gasteiger charge is 2.33. The molecule has 0 aliphatic rings. The molecule has 14 heteroatoms. The quantitative estimate of drug-likeness (QED) is 0.113. The summed E-state index contributed by atoms with van der Waals surface area (Å²) >= 11 is 1.53. The molecule has 0 aromatic heterocycles. The minimum Gasteiger partial charge on any atom is -0.480 e. The molecule has 0 heterocycles. The van der Waals surface area contributed by atoms with Gasteiger partial charge in [0.15, 0.2) is 0 Å². The van der Waals surface area contributed by atoms with Crippen LogP contribution in [-0.4, -0.2) is 99.8 Å². The molecule has 0 fully saturated rings. The lowest BCUT2D eigenvalue weighted by Gasteiger charge is -2.28. The molecule has 0 bridgehead atoms. The molecule has 0 aliphatic carbocycles. The van der Waals surface area contributed by atoms with E-state index >= 15 is 0 Å². The van der Waals surface area contributed by atoms with Crippen LogP contribution in [0.3, 0.4) is 0 Å². The van der Waals surface area contributed by atoms with Gasteiger partial charge in [0.05, 0.1) is 18.8 Å². The molecule has 0 saturated heterocycles. The monoisotopic (exact) mass is 507 g/mol. The molecule has 9 N–H and O–H groups in total. The summed E-state index contributed by atoms with van der Waals surface area (Å²) in [4.78, 5) is 60.9. The summed E-state index contributed by atoms with van der Waals surface area (Å²) in [5.41, 5.74) is 5.79. The van der Waals surface area contributed by atoms with E-state index in [0.717, 1.165) is 0 Å². The number of aliphatic hydroxyl groups excluding tert-OH is 2. The van der Waals surface area contributed by atoms with E-state index in [-0.39, 0.29) is 0 Å². The maximum Gasteiger partial charge on any atom is 0.328 e. The van der Waals surface area contributed by atoms with Gasteiger partial charge in [-0.3, -0.25) is 19.2 Å². The van der Waals surface area contributed by atoms with E-state index in [9.17, 15) is 29.1 Å². The van der Waals surface area contributed by atoms with E-state index in [1.165, 1.54) is 25.6 Å². The van der Waals surface area contributed by atoms with Crippen molar-refractivity contribution in [2.75, 3.05) is 18.6 Å². The number of hydrogen-bond donors (Lipinski definition) is 8. The Labute approximate surface area is 203 Å². The minimum absolute atomic E-state index is 0.431. The molecule has 0 rings (SSSR count). The molecule has 6 atom stereocenters. The number of amides is 4. The third kappa shape index (κ3) is 10.7. The number of hydrogen-bond acceptors (Lipinski definition) is 9. The fourth-order valence-corrected chi connectivity index (χ4v) is 3.16. The van der Waals surface area contributed by atoms with Crippen molar-refractivity contribution in [1.29, 1.82) is 0 Å². The van der Waals surface area contributed by atoms with Crippen LogP contribution in [0, 0.1) is 5.92 Å². The van der Waals surface area contributed by atoms with Crippen molar-refractivity contribution in [2.24, 2.45) is 11.7 Å². The van der Waals surface area contributed by atoms with Crippen LogP contribution in [-0.2, 0) is 24.0 Å². The molecule has 0 saturated carbocycles. The average molecular weight is 508 g/mol. The first-order valence-electron chi connectivity index (χ1n) is 10.7. The Morgan fingerprint density at radius 2 is 1.38 bits per heavy atom. The van der Waals surface area contributed by atoms with Crippen molar-refractivity contribution in [3.63, 3.8) is 0 Å². The van der Waals surface area contributed by atoms with Gasteiger partial charge in [0, 0.05) is 0 Å². The highest BCUT2D eigenvalue weighted by atomic mass is 32.2. The van der Waals surface area contributed by atoms with E-state index in [2.05, 4.69) is 16.0 Å². The molecule has 0 aromatic rings. The Kier molecular flexibility index (Phi) is 14.4. The van der Waals surface area contributed by atoms with Gasteiger partial charge in [-0.05, 0) is 38.2 Å². The molecular formula is C20H37N5O8S. The first kappa shape index (κ1) is 31.6. The lowest BCUT2D eigenvalue weighted by Crippen LogP contribution is -2.61. The van der Waals surface area contributed by atoms with Crippen LogP contribution >= 0.6 is 11.8 Å². The zero-order chi connectivity index (χ0) is 26.6. The maximum atomic E-state index is 12.8. The topological polar surface area (TPSA) is 220 Å². The summed E-state index contributed by atoms with van der Waals surface area (Å²) in [5, 5.41) is 37.3.